The predicted octanol–water partition coefficient (Wildman–Crippen LogP) is 23.5. The van der Waals surface area contributed by atoms with Gasteiger partial charge in [-0.3, -0.25) is 9.59 Å². The second-order valence-corrected chi connectivity index (χ2v) is 26.6. The molecule has 0 rings (SSSR count). The van der Waals surface area contributed by atoms with E-state index in [0.717, 1.165) is 57.8 Å². The van der Waals surface area contributed by atoms with Gasteiger partial charge in [-0.2, -0.15) is 0 Å². The third-order valence-corrected chi connectivity index (χ3v) is 16.7. The third kappa shape index (κ3) is 70.3. The smallest absolute Gasteiger partial charge is 0.361 e. The summed E-state index contributed by atoms with van der Waals surface area (Å²) >= 11 is 0. The zero-order valence-electron chi connectivity index (χ0n) is 58.2. The Labute approximate surface area is 539 Å². The second kappa shape index (κ2) is 68.9. The van der Waals surface area contributed by atoms with E-state index >= 15 is 0 Å². The Morgan fingerprint density at radius 3 is 0.920 bits per heavy atom. The molecule has 0 aromatic carbocycles. The van der Waals surface area contributed by atoms with Gasteiger partial charge in [0, 0.05) is 12.8 Å². The van der Waals surface area contributed by atoms with E-state index in [-0.39, 0.29) is 38.2 Å². The number of carbonyl (C=O) groups excluding carboxylic acids is 2. The van der Waals surface area contributed by atoms with Gasteiger partial charge in [0.2, 0.25) is 0 Å². The first kappa shape index (κ1) is 84.0. The van der Waals surface area contributed by atoms with E-state index in [1.807, 2.05) is 21.1 Å². The zero-order chi connectivity index (χ0) is 63.3. The molecule has 9 nitrogen and oxygen atoms in total. The number of likely N-dealkylation sites (N-methyl/N-ethyl adjacent to an activating group) is 1. The first-order valence-corrected chi connectivity index (χ1v) is 37.5. The van der Waals surface area contributed by atoms with Gasteiger partial charge in [0.1, 0.15) is 13.2 Å². The maximum Gasteiger partial charge on any atom is 0.361 e. The molecule has 0 aromatic rings. The van der Waals surface area contributed by atoms with Crippen LogP contribution in [-0.4, -0.2) is 87.4 Å². The standard InChI is InChI=1S/C78H143NO8/c1-6-8-10-12-14-16-18-20-22-24-26-28-30-31-32-33-34-35-36-37-38-39-40-41-42-43-44-45-47-49-51-53-55-57-59-61-63-65-67-69-76(81)87-74(73-86-78(77(82)83)84-71-70-79(3,4)5)72-85-75(80)68-66-64-62-60-58-56-54-52-50-48-46-29-27-25-23-21-19-17-15-13-11-9-7-2/h18-21,24-27,30-31,74,78H,6-17,22-23,28-29,32-73H2,1-5H3/p+1/b20-18-,21-19-,26-24-,27-25-,31-30-. The van der Waals surface area contributed by atoms with E-state index in [4.69, 9.17) is 18.9 Å². The van der Waals surface area contributed by atoms with Crippen molar-refractivity contribution in [2.75, 3.05) is 47.5 Å². The summed E-state index contributed by atoms with van der Waals surface area (Å²) in [4.78, 5) is 37.6. The van der Waals surface area contributed by atoms with Crippen LogP contribution in [0, 0.1) is 0 Å². The van der Waals surface area contributed by atoms with E-state index in [2.05, 4.69) is 74.6 Å². The van der Waals surface area contributed by atoms with Crippen LogP contribution in [0.2, 0.25) is 0 Å². The number of unbranched alkanes of at least 4 members (excludes halogenated alkanes) is 45. The highest BCUT2D eigenvalue weighted by Crippen LogP contribution is 2.19. The number of allylic oxidation sites excluding steroid dienone is 10. The Hall–Kier alpha value is -3.01. The molecule has 0 aliphatic heterocycles. The average molecular weight is 1220 g/mol. The molecule has 0 saturated heterocycles. The Balaban J connectivity index is 3.99. The van der Waals surface area contributed by atoms with Gasteiger partial charge in [-0.05, 0) is 83.5 Å². The van der Waals surface area contributed by atoms with Crippen LogP contribution in [0.25, 0.3) is 0 Å². The normalized spacial score (nSPS) is 13.0. The van der Waals surface area contributed by atoms with Crippen LogP contribution >= 0.6 is 0 Å². The summed E-state index contributed by atoms with van der Waals surface area (Å²) in [7, 11) is 5.99. The number of hydrogen-bond acceptors (Lipinski definition) is 7. The highest BCUT2D eigenvalue weighted by molar-refractivity contribution is 5.71. The van der Waals surface area contributed by atoms with Crippen molar-refractivity contribution in [1.82, 2.24) is 0 Å². The monoisotopic (exact) mass is 1220 g/mol. The van der Waals surface area contributed by atoms with Crippen molar-refractivity contribution in [3.63, 3.8) is 0 Å². The molecule has 2 atom stereocenters. The molecule has 0 spiro atoms. The van der Waals surface area contributed by atoms with Crippen molar-refractivity contribution >= 4 is 17.9 Å². The third-order valence-electron chi connectivity index (χ3n) is 16.7. The summed E-state index contributed by atoms with van der Waals surface area (Å²) in [5, 5.41) is 9.75. The number of hydrogen-bond donors (Lipinski definition) is 1. The molecule has 0 saturated carbocycles. The van der Waals surface area contributed by atoms with Crippen LogP contribution in [0.15, 0.2) is 60.8 Å². The molecule has 508 valence electrons. The quantitative estimate of drug-likeness (QED) is 0.0211. The number of quaternary nitrogens is 1. The number of carboxylic acid groups (broad SMARTS) is 1. The Kier molecular flexibility index (Phi) is 66.5. The van der Waals surface area contributed by atoms with E-state index in [0.29, 0.717) is 17.4 Å². The molecule has 9 heteroatoms. The fourth-order valence-electron chi connectivity index (χ4n) is 11.0. The number of rotatable bonds is 70. The number of ether oxygens (including phenoxy) is 4. The minimum absolute atomic E-state index is 0.180. The van der Waals surface area contributed by atoms with Crippen LogP contribution in [-0.2, 0) is 33.3 Å². The van der Waals surface area contributed by atoms with Gasteiger partial charge in [-0.1, -0.05) is 325 Å². The Morgan fingerprint density at radius 1 is 0.345 bits per heavy atom. The maximum atomic E-state index is 13.0. The lowest BCUT2D eigenvalue weighted by atomic mass is 10.0. The number of esters is 2. The van der Waals surface area contributed by atoms with Crippen molar-refractivity contribution in [1.29, 1.82) is 0 Å². The predicted molar refractivity (Wildman–Crippen MR) is 373 cm³/mol. The summed E-state index contributed by atoms with van der Waals surface area (Å²) in [5.41, 5.74) is 0. The van der Waals surface area contributed by atoms with Crippen LogP contribution in [0.3, 0.4) is 0 Å². The lowest BCUT2D eigenvalue weighted by molar-refractivity contribution is -0.870. The average Bonchev–Trinajstić information content (AvgIpc) is 3.55. The highest BCUT2D eigenvalue weighted by atomic mass is 16.7. The molecule has 0 heterocycles. The highest BCUT2D eigenvalue weighted by Gasteiger charge is 2.25. The SMILES string of the molecule is CCCCCCC/C=C\C/C=C\C/C=C\CCCCCCCCCCCCCCCCCCCCCCCCCCC(=O)OC(COC(=O)CCCCCCCCCCCCC/C=C\C/C=C\CCCCCCC)COC(OCC[N+](C)(C)C)C(=O)O. The van der Waals surface area contributed by atoms with Gasteiger partial charge in [0.15, 0.2) is 6.10 Å². The van der Waals surface area contributed by atoms with Gasteiger partial charge in [-0.25, -0.2) is 4.79 Å². The minimum Gasteiger partial charge on any atom is -0.477 e. The lowest BCUT2D eigenvalue weighted by Gasteiger charge is -2.25. The van der Waals surface area contributed by atoms with Crippen molar-refractivity contribution in [3.8, 4) is 0 Å². The largest absolute Gasteiger partial charge is 0.477 e. The number of carboxylic acids is 1. The van der Waals surface area contributed by atoms with Gasteiger partial charge in [-0.15, -0.1) is 0 Å². The van der Waals surface area contributed by atoms with Crippen LogP contribution < -0.4 is 0 Å². The molecule has 0 amide bonds. The van der Waals surface area contributed by atoms with Gasteiger partial charge < -0.3 is 28.5 Å². The molecular formula is C78H144NO8+. The summed E-state index contributed by atoms with van der Waals surface area (Å²) < 4.78 is 23.0. The fraction of sp³-hybridized carbons (Fsp3) is 0.833. The fourth-order valence-corrected chi connectivity index (χ4v) is 11.0. The first-order chi connectivity index (χ1) is 42.6. The maximum absolute atomic E-state index is 13.0. The molecule has 2 unspecified atom stereocenters. The molecule has 0 radical (unpaired) electrons. The molecular weight excluding hydrogens is 1080 g/mol. The molecule has 87 heavy (non-hydrogen) atoms. The van der Waals surface area contributed by atoms with Crippen LogP contribution in [0.4, 0.5) is 0 Å². The van der Waals surface area contributed by atoms with Crippen LogP contribution in [0.1, 0.15) is 361 Å². The number of carbonyl (C=O) groups is 3. The van der Waals surface area contributed by atoms with Gasteiger partial charge >= 0.3 is 17.9 Å². The van der Waals surface area contributed by atoms with Crippen molar-refractivity contribution in [2.45, 2.75) is 373 Å². The van der Waals surface area contributed by atoms with Crippen LogP contribution in [0.5, 0.6) is 0 Å². The Morgan fingerprint density at radius 2 is 0.621 bits per heavy atom. The zero-order valence-corrected chi connectivity index (χ0v) is 58.2. The van der Waals surface area contributed by atoms with E-state index in [1.54, 1.807) is 0 Å². The molecule has 1 N–H and O–H groups in total. The van der Waals surface area contributed by atoms with Crippen molar-refractivity contribution < 1.29 is 42.9 Å². The molecule has 0 aliphatic rings. The van der Waals surface area contributed by atoms with E-state index in [9.17, 15) is 19.5 Å². The van der Waals surface area contributed by atoms with E-state index in [1.165, 1.54) is 276 Å². The lowest BCUT2D eigenvalue weighted by Crippen LogP contribution is -2.40. The number of nitrogens with zero attached hydrogens (tertiary/aromatic N) is 1. The molecule has 0 bridgehead atoms. The number of aliphatic carboxylic acids is 1. The second-order valence-electron chi connectivity index (χ2n) is 26.6. The van der Waals surface area contributed by atoms with Gasteiger partial charge in [0.05, 0.1) is 34.4 Å². The summed E-state index contributed by atoms with van der Waals surface area (Å²) in [6.07, 6.45) is 87.9. The van der Waals surface area contributed by atoms with Crippen molar-refractivity contribution in [2.24, 2.45) is 0 Å². The summed E-state index contributed by atoms with van der Waals surface area (Å²) in [5.74, 6) is -1.99. The molecule has 0 fully saturated rings. The minimum atomic E-state index is -1.51. The molecule has 0 aliphatic carbocycles. The summed E-state index contributed by atoms with van der Waals surface area (Å²) in [6, 6.07) is 0. The Bertz CT molecular complexity index is 1610. The van der Waals surface area contributed by atoms with Crippen molar-refractivity contribution in [3.05, 3.63) is 60.8 Å². The van der Waals surface area contributed by atoms with E-state index < -0.39 is 18.4 Å². The topological polar surface area (TPSA) is 108 Å². The van der Waals surface area contributed by atoms with Gasteiger partial charge in [0.25, 0.3) is 6.29 Å². The molecule has 0 aromatic heterocycles. The summed E-state index contributed by atoms with van der Waals surface area (Å²) in [6.45, 7) is 4.91. The first-order valence-electron chi connectivity index (χ1n) is 37.5.